The van der Waals surface area contributed by atoms with Crippen molar-refractivity contribution < 1.29 is 4.79 Å². The van der Waals surface area contributed by atoms with Gasteiger partial charge in [0.2, 0.25) is 0 Å². The van der Waals surface area contributed by atoms with Crippen molar-refractivity contribution in [1.82, 2.24) is 20.2 Å². The van der Waals surface area contributed by atoms with Crippen LogP contribution in [0.4, 0.5) is 0 Å². The van der Waals surface area contributed by atoms with Crippen LogP contribution in [0.2, 0.25) is 5.02 Å². The van der Waals surface area contributed by atoms with E-state index in [1.165, 1.54) is 6.20 Å². The number of carbonyl (C=O) groups is 1. The Morgan fingerprint density at radius 3 is 3.00 bits per heavy atom. The first-order valence-electron chi connectivity index (χ1n) is 6.99. The standard InChI is InChI=1S/C14H21ClN4O/c1-9(2)13-17-7-11(15)12(18-13)14(20)19-5-4-10(8-19)6-16-3/h7,9-10,16H,4-6,8H2,1-3H3/t10-/m0/s1. The van der Waals surface area contributed by atoms with Gasteiger partial charge in [-0.2, -0.15) is 0 Å². The highest BCUT2D eigenvalue weighted by Crippen LogP contribution is 2.22. The molecule has 1 atom stereocenters. The topological polar surface area (TPSA) is 58.1 Å². The maximum absolute atomic E-state index is 12.5. The van der Waals surface area contributed by atoms with Crippen molar-refractivity contribution in [3.8, 4) is 0 Å². The summed E-state index contributed by atoms with van der Waals surface area (Å²) in [6, 6.07) is 0. The molecule has 2 rings (SSSR count). The highest BCUT2D eigenvalue weighted by molar-refractivity contribution is 6.33. The summed E-state index contributed by atoms with van der Waals surface area (Å²) in [7, 11) is 1.93. The summed E-state index contributed by atoms with van der Waals surface area (Å²) in [5, 5.41) is 3.48. The van der Waals surface area contributed by atoms with Crippen molar-refractivity contribution in [3.05, 3.63) is 22.7 Å². The fourth-order valence-electron chi connectivity index (χ4n) is 2.43. The summed E-state index contributed by atoms with van der Waals surface area (Å²) in [4.78, 5) is 22.9. The molecule has 1 fully saturated rings. The van der Waals surface area contributed by atoms with E-state index in [0.29, 0.717) is 22.5 Å². The Balaban J connectivity index is 2.15. The second-order valence-corrected chi connectivity index (χ2v) is 5.95. The number of rotatable bonds is 4. The zero-order valence-electron chi connectivity index (χ0n) is 12.2. The summed E-state index contributed by atoms with van der Waals surface area (Å²) in [6.45, 7) is 6.45. The first-order chi connectivity index (χ1) is 9.52. The average molecular weight is 297 g/mol. The van der Waals surface area contributed by atoms with E-state index in [9.17, 15) is 4.79 Å². The van der Waals surface area contributed by atoms with Gasteiger partial charge in [0.15, 0.2) is 5.69 Å². The highest BCUT2D eigenvalue weighted by Gasteiger charge is 2.28. The van der Waals surface area contributed by atoms with E-state index < -0.39 is 0 Å². The molecule has 6 heteroatoms. The molecule has 0 aromatic carbocycles. The molecule has 1 aromatic rings. The minimum absolute atomic E-state index is 0.0853. The Hall–Kier alpha value is -1.20. The largest absolute Gasteiger partial charge is 0.337 e. The predicted octanol–water partition coefficient (Wildman–Crippen LogP) is 1.93. The fraction of sp³-hybridized carbons (Fsp3) is 0.643. The van der Waals surface area contributed by atoms with Crippen molar-refractivity contribution in [2.75, 3.05) is 26.7 Å². The molecule has 2 heterocycles. The molecule has 1 saturated heterocycles. The van der Waals surface area contributed by atoms with Crippen LogP contribution in [0.25, 0.3) is 0 Å². The number of hydrogen-bond donors (Lipinski definition) is 1. The molecule has 1 aliphatic heterocycles. The van der Waals surface area contributed by atoms with Gasteiger partial charge in [0.25, 0.3) is 5.91 Å². The molecule has 0 unspecified atom stereocenters. The number of nitrogens with zero attached hydrogens (tertiary/aromatic N) is 3. The predicted molar refractivity (Wildman–Crippen MR) is 79.1 cm³/mol. The molecule has 0 bridgehead atoms. The van der Waals surface area contributed by atoms with Gasteiger partial charge in [-0.25, -0.2) is 9.97 Å². The average Bonchev–Trinajstić information content (AvgIpc) is 2.87. The quantitative estimate of drug-likeness (QED) is 0.922. The number of carbonyl (C=O) groups excluding carboxylic acids is 1. The summed E-state index contributed by atoms with van der Waals surface area (Å²) >= 11 is 6.09. The Labute approximate surface area is 124 Å². The van der Waals surface area contributed by atoms with E-state index in [-0.39, 0.29) is 11.8 Å². The van der Waals surface area contributed by atoms with Gasteiger partial charge in [-0.05, 0) is 25.9 Å². The zero-order valence-corrected chi connectivity index (χ0v) is 12.9. The van der Waals surface area contributed by atoms with E-state index in [0.717, 1.165) is 26.1 Å². The van der Waals surface area contributed by atoms with Crippen LogP contribution in [-0.4, -0.2) is 47.5 Å². The van der Waals surface area contributed by atoms with Gasteiger partial charge in [-0.1, -0.05) is 25.4 Å². The number of aromatic nitrogens is 2. The summed E-state index contributed by atoms with van der Waals surface area (Å²) in [6.07, 6.45) is 2.55. The molecule has 1 N–H and O–H groups in total. The molecule has 0 aliphatic carbocycles. The van der Waals surface area contributed by atoms with Crippen LogP contribution >= 0.6 is 11.6 Å². The maximum Gasteiger partial charge on any atom is 0.274 e. The minimum atomic E-state index is -0.0853. The lowest BCUT2D eigenvalue weighted by Crippen LogP contribution is -2.31. The van der Waals surface area contributed by atoms with Crippen LogP contribution in [0.15, 0.2) is 6.20 Å². The molecular weight excluding hydrogens is 276 g/mol. The third kappa shape index (κ3) is 3.27. The SMILES string of the molecule is CNC[C@@H]1CCN(C(=O)c2nc(C(C)C)ncc2Cl)C1. The second-order valence-electron chi connectivity index (χ2n) is 5.54. The monoisotopic (exact) mass is 296 g/mol. The molecule has 1 aliphatic rings. The first kappa shape index (κ1) is 15.2. The van der Waals surface area contributed by atoms with Crippen molar-refractivity contribution in [2.24, 2.45) is 5.92 Å². The Bertz CT molecular complexity index is 492. The van der Waals surface area contributed by atoms with Crippen LogP contribution < -0.4 is 5.32 Å². The molecule has 0 saturated carbocycles. The van der Waals surface area contributed by atoms with Gasteiger partial charge >= 0.3 is 0 Å². The maximum atomic E-state index is 12.5. The summed E-state index contributed by atoms with van der Waals surface area (Å²) in [5.74, 6) is 1.25. The van der Waals surface area contributed by atoms with Crippen LogP contribution in [0.5, 0.6) is 0 Å². The Morgan fingerprint density at radius 1 is 1.60 bits per heavy atom. The zero-order chi connectivity index (χ0) is 14.7. The molecule has 110 valence electrons. The molecule has 5 nitrogen and oxygen atoms in total. The minimum Gasteiger partial charge on any atom is -0.337 e. The van der Waals surface area contributed by atoms with Crippen molar-refractivity contribution in [2.45, 2.75) is 26.2 Å². The molecule has 1 amide bonds. The third-order valence-corrected chi connectivity index (χ3v) is 3.82. The number of amides is 1. The summed E-state index contributed by atoms with van der Waals surface area (Å²) in [5.41, 5.74) is 0.329. The van der Waals surface area contributed by atoms with Crippen molar-refractivity contribution in [1.29, 1.82) is 0 Å². The van der Waals surface area contributed by atoms with Gasteiger partial charge < -0.3 is 10.2 Å². The molecule has 0 spiro atoms. The number of halogens is 1. The fourth-order valence-corrected chi connectivity index (χ4v) is 2.60. The van der Waals surface area contributed by atoms with Crippen LogP contribution in [-0.2, 0) is 0 Å². The van der Waals surface area contributed by atoms with E-state index in [1.807, 2.05) is 25.8 Å². The normalized spacial score (nSPS) is 18.9. The summed E-state index contributed by atoms with van der Waals surface area (Å²) < 4.78 is 0. The Kier molecular flexibility index (Phi) is 4.94. The van der Waals surface area contributed by atoms with Gasteiger partial charge in [-0.3, -0.25) is 4.79 Å². The second kappa shape index (κ2) is 6.50. The first-order valence-corrected chi connectivity index (χ1v) is 7.37. The van der Waals surface area contributed by atoms with Gasteiger partial charge in [0, 0.05) is 19.0 Å². The highest BCUT2D eigenvalue weighted by atomic mass is 35.5. The van der Waals surface area contributed by atoms with E-state index >= 15 is 0 Å². The number of hydrogen-bond acceptors (Lipinski definition) is 4. The van der Waals surface area contributed by atoms with Gasteiger partial charge in [0.05, 0.1) is 11.2 Å². The van der Waals surface area contributed by atoms with Gasteiger partial charge in [0.1, 0.15) is 5.82 Å². The smallest absolute Gasteiger partial charge is 0.274 e. The van der Waals surface area contributed by atoms with E-state index in [4.69, 9.17) is 11.6 Å². The molecule has 1 aromatic heterocycles. The number of nitrogens with one attached hydrogen (secondary N) is 1. The van der Waals surface area contributed by atoms with E-state index in [1.54, 1.807) is 0 Å². The number of likely N-dealkylation sites (tertiary alicyclic amines) is 1. The lowest BCUT2D eigenvalue weighted by Gasteiger charge is -2.17. The van der Waals surface area contributed by atoms with E-state index in [2.05, 4.69) is 15.3 Å². The third-order valence-electron chi connectivity index (χ3n) is 3.55. The lowest BCUT2D eigenvalue weighted by molar-refractivity contribution is 0.0781. The molecule has 0 radical (unpaired) electrons. The van der Waals surface area contributed by atoms with Gasteiger partial charge in [-0.15, -0.1) is 0 Å². The van der Waals surface area contributed by atoms with Crippen molar-refractivity contribution in [3.63, 3.8) is 0 Å². The lowest BCUT2D eigenvalue weighted by atomic mass is 10.1. The van der Waals surface area contributed by atoms with Crippen LogP contribution in [0.3, 0.4) is 0 Å². The van der Waals surface area contributed by atoms with Crippen molar-refractivity contribution >= 4 is 17.5 Å². The van der Waals surface area contributed by atoms with Crippen LogP contribution in [0, 0.1) is 5.92 Å². The molecular formula is C14H21ClN4O. The van der Waals surface area contributed by atoms with Crippen LogP contribution in [0.1, 0.15) is 42.5 Å². The Morgan fingerprint density at radius 2 is 2.35 bits per heavy atom. The molecule has 20 heavy (non-hydrogen) atoms.